The van der Waals surface area contributed by atoms with Gasteiger partial charge in [0.05, 0.1) is 18.1 Å². The zero-order chi connectivity index (χ0) is 18.3. The summed E-state index contributed by atoms with van der Waals surface area (Å²) in [7, 11) is 1.94. The Morgan fingerprint density at radius 3 is 2.84 bits per heavy atom. The Labute approximate surface area is 152 Å². The summed E-state index contributed by atoms with van der Waals surface area (Å²) in [5, 5.41) is 26.5. The lowest BCUT2D eigenvalue weighted by molar-refractivity contribution is -0.163. The second kappa shape index (κ2) is 7.26. The van der Waals surface area contributed by atoms with E-state index in [2.05, 4.69) is 10.6 Å². The molecule has 2 fully saturated rings. The maximum absolute atomic E-state index is 12.3. The summed E-state index contributed by atoms with van der Waals surface area (Å²) in [6.07, 6.45) is 1.29. The SMILES string of the molecule is CNCC[C@@H]1C[C@H](SC2=C(C(=O)O)N3C(=O)[C@H]([C@@H](C)O)[C@H]3[C@H]2C)CN1. The van der Waals surface area contributed by atoms with Crippen molar-refractivity contribution < 1.29 is 19.8 Å². The van der Waals surface area contributed by atoms with Crippen LogP contribution < -0.4 is 10.6 Å². The summed E-state index contributed by atoms with van der Waals surface area (Å²) in [5.41, 5.74) is 0.128. The largest absolute Gasteiger partial charge is 0.477 e. The zero-order valence-corrected chi connectivity index (χ0v) is 15.7. The molecule has 25 heavy (non-hydrogen) atoms. The first-order valence-electron chi connectivity index (χ1n) is 8.90. The molecule has 6 atom stereocenters. The van der Waals surface area contributed by atoms with Crippen molar-refractivity contribution >= 4 is 23.6 Å². The number of thioether (sulfide) groups is 1. The van der Waals surface area contributed by atoms with Crippen LogP contribution in [0, 0.1) is 11.8 Å². The van der Waals surface area contributed by atoms with E-state index in [1.165, 1.54) is 4.90 Å². The van der Waals surface area contributed by atoms with Gasteiger partial charge in [-0.2, -0.15) is 0 Å². The van der Waals surface area contributed by atoms with Gasteiger partial charge in [0.2, 0.25) is 5.91 Å². The van der Waals surface area contributed by atoms with Gasteiger partial charge in [0.25, 0.3) is 0 Å². The van der Waals surface area contributed by atoms with E-state index in [0.717, 1.165) is 30.8 Å². The molecule has 1 amide bonds. The highest BCUT2D eigenvalue weighted by Crippen LogP contribution is 2.51. The van der Waals surface area contributed by atoms with Crippen molar-refractivity contribution in [2.24, 2.45) is 11.8 Å². The molecule has 0 aromatic carbocycles. The van der Waals surface area contributed by atoms with Gasteiger partial charge in [-0.1, -0.05) is 6.92 Å². The maximum Gasteiger partial charge on any atom is 0.353 e. The number of carboxylic acids is 1. The molecule has 0 spiro atoms. The van der Waals surface area contributed by atoms with Crippen LogP contribution in [0.15, 0.2) is 10.6 Å². The fourth-order valence-electron chi connectivity index (χ4n) is 4.27. The lowest BCUT2D eigenvalue weighted by Crippen LogP contribution is -2.63. The normalized spacial score (nSPS) is 35.8. The van der Waals surface area contributed by atoms with Crippen LogP contribution in [0.25, 0.3) is 0 Å². The van der Waals surface area contributed by atoms with Gasteiger partial charge in [0, 0.05) is 28.7 Å². The molecule has 8 heteroatoms. The number of hydrogen-bond acceptors (Lipinski definition) is 6. The van der Waals surface area contributed by atoms with E-state index >= 15 is 0 Å². The zero-order valence-electron chi connectivity index (χ0n) is 14.9. The number of rotatable bonds is 7. The minimum Gasteiger partial charge on any atom is -0.477 e. The first-order chi connectivity index (χ1) is 11.9. The molecule has 0 saturated carbocycles. The van der Waals surface area contributed by atoms with E-state index in [-0.39, 0.29) is 23.6 Å². The van der Waals surface area contributed by atoms with Crippen LogP contribution >= 0.6 is 11.8 Å². The third kappa shape index (κ3) is 3.20. The fourth-order valence-corrected chi connectivity index (χ4v) is 5.79. The number of amides is 1. The van der Waals surface area contributed by atoms with Crippen molar-refractivity contribution in [2.45, 2.75) is 50.1 Å². The van der Waals surface area contributed by atoms with Crippen molar-refractivity contribution in [3.05, 3.63) is 10.6 Å². The van der Waals surface area contributed by atoms with Crippen LogP contribution in [-0.2, 0) is 9.59 Å². The monoisotopic (exact) mass is 369 g/mol. The van der Waals surface area contributed by atoms with Crippen molar-refractivity contribution in [3.63, 3.8) is 0 Å². The number of nitrogens with zero attached hydrogens (tertiary/aromatic N) is 1. The molecule has 7 nitrogen and oxygen atoms in total. The van der Waals surface area contributed by atoms with Gasteiger partial charge in [-0.3, -0.25) is 4.79 Å². The number of aliphatic hydroxyl groups is 1. The van der Waals surface area contributed by atoms with Crippen LogP contribution in [0.2, 0.25) is 0 Å². The molecule has 4 N–H and O–H groups in total. The summed E-state index contributed by atoms with van der Waals surface area (Å²) in [6, 6.07) is 0.218. The second-order valence-corrected chi connectivity index (χ2v) is 8.59. The third-order valence-corrected chi connectivity index (χ3v) is 7.04. The molecule has 3 heterocycles. The minimum atomic E-state index is -1.05. The van der Waals surface area contributed by atoms with Crippen LogP contribution in [0.3, 0.4) is 0 Å². The van der Waals surface area contributed by atoms with Gasteiger partial charge in [-0.15, -0.1) is 11.8 Å². The third-order valence-electron chi connectivity index (χ3n) is 5.53. The van der Waals surface area contributed by atoms with Gasteiger partial charge >= 0.3 is 5.97 Å². The van der Waals surface area contributed by atoms with Gasteiger partial charge in [-0.05, 0) is 33.4 Å². The van der Waals surface area contributed by atoms with Gasteiger partial charge < -0.3 is 25.7 Å². The number of fused-ring (bicyclic) bond motifs is 1. The number of aliphatic hydroxyl groups excluding tert-OH is 1. The Morgan fingerprint density at radius 1 is 1.52 bits per heavy atom. The highest BCUT2D eigenvalue weighted by Gasteiger charge is 2.60. The Kier molecular flexibility index (Phi) is 5.43. The highest BCUT2D eigenvalue weighted by molar-refractivity contribution is 8.03. The number of β-lactam (4-membered cyclic amide) rings is 1. The molecule has 140 valence electrons. The van der Waals surface area contributed by atoms with Gasteiger partial charge in [-0.25, -0.2) is 4.79 Å². The minimum absolute atomic E-state index is 0.0511. The van der Waals surface area contributed by atoms with E-state index < -0.39 is 18.0 Å². The Morgan fingerprint density at radius 2 is 2.24 bits per heavy atom. The molecule has 3 aliphatic rings. The van der Waals surface area contributed by atoms with E-state index in [0.29, 0.717) is 11.3 Å². The smallest absolute Gasteiger partial charge is 0.353 e. The summed E-state index contributed by atoms with van der Waals surface area (Å²) in [4.78, 5) is 26.3. The quantitative estimate of drug-likeness (QED) is 0.476. The molecule has 0 aromatic heterocycles. The number of hydrogen-bond donors (Lipinski definition) is 4. The maximum atomic E-state index is 12.3. The van der Waals surface area contributed by atoms with Gasteiger partial charge in [0.1, 0.15) is 5.70 Å². The predicted octanol–water partition coefficient (Wildman–Crippen LogP) is 0.213. The molecule has 3 aliphatic heterocycles. The lowest BCUT2D eigenvalue weighted by Gasteiger charge is -2.46. The number of nitrogens with one attached hydrogen (secondary N) is 2. The fraction of sp³-hybridized carbons (Fsp3) is 0.765. The number of aliphatic carboxylic acids is 1. The summed E-state index contributed by atoms with van der Waals surface area (Å²) in [6.45, 7) is 5.37. The summed E-state index contributed by atoms with van der Waals surface area (Å²) in [5.74, 6) is -1.86. The van der Waals surface area contributed by atoms with E-state index in [1.807, 2.05) is 14.0 Å². The molecule has 3 rings (SSSR count). The Hall–Kier alpha value is -1.09. The number of carbonyl (C=O) groups excluding carboxylic acids is 1. The van der Waals surface area contributed by atoms with E-state index in [9.17, 15) is 19.8 Å². The second-order valence-electron chi connectivity index (χ2n) is 7.24. The molecule has 0 radical (unpaired) electrons. The lowest BCUT2D eigenvalue weighted by atomic mass is 9.79. The number of carbonyl (C=O) groups is 2. The van der Waals surface area contributed by atoms with Crippen LogP contribution in [0.1, 0.15) is 26.7 Å². The van der Waals surface area contributed by atoms with Crippen molar-refractivity contribution in [1.29, 1.82) is 0 Å². The topological polar surface area (TPSA) is 102 Å². The molecule has 0 unspecified atom stereocenters. The highest BCUT2D eigenvalue weighted by atomic mass is 32.2. The van der Waals surface area contributed by atoms with Crippen LogP contribution in [-0.4, -0.2) is 70.6 Å². The summed E-state index contributed by atoms with van der Waals surface area (Å²) < 4.78 is 0. The predicted molar refractivity (Wildman–Crippen MR) is 96.0 cm³/mol. The first kappa shape index (κ1) is 18.7. The first-order valence-corrected chi connectivity index (χ1v) is 9.78. The Bertz CT molecular complexity index is 594. The number of carboxylic acid groups (broad SMARTS) is 1. The molecule has 2 saturated heterocycles. The molecule has 0 aliphatic carbocycles. The van der Waals surface area contributed by atoms with Crippen molar-refractivity contribution in [3.8, 4) is 0 Å². The van der Waals surface area contributed by atoms with E-state index in [1.54, 1.807) is 18.7 Å². The van der Waals surface area contributed by atoms with Crippen molar-refractivity contribution in [1.82, 2.24) is 15.5 Å². The summed E-state index contributed by atoms with van der Waals surface area (Å²) >= 11 is 1.60. The molecule has 0 aromatic rings. The average Bonchev–Trinajstić information content (AvgIpc) is 3.08. The van der Waals surface area contributed by atoms with Crippen LogP contribution in [0.4, 0.5) is 0 Å². The molecular formula is C17H27N3O4S. The Balaban J connectivity index is 1.74. The van der Waals surface area contributed by atoms with E-state index in [4.69, 9.17) is 0 Å². The average molecular weight is 369 g/mol. The van der Waals surface area contributed by atoms with Gasteiger partial charge in [0.15, 0.2) is 0 Å². The molecular weight excluding hydrogens is 342 g/mol. The van der Waals surface area contributed by atoms with Crippen LogP contribution in [0.5, 0.6) is 0 Å². The van der Waals surface area contributed by atoms with Crippen molar-refractivity contribution in [2.75, 3.05) is 20.1 Å². The molecule has 0 bridgehead atoms. The standard InChI is InChI=1S/C17H27N3O4S/c1-8-13-12(9(2)21)16(22)20(13)14(17(23)24)15(8)25-11-6-10(19-7-11)4-5-18-3/h8-13,18-19,21H,4-7H2,1-3H3,(H,23,24)/t8-,9-,10-,11+,12-,13-/m1/s1.